The molecule has 0 radical (unpaired) electrons. The first-order valence-electron chi connectivity index (χ1n) is 11.8. The molecule has 0 atom stereocenters. The van der Waals surface area contributed by atoms with Crippen LogP contribution in [0.15, 0.2) is 71.4 Å². The lowest BCUT2D eigenvalue weighted by Crippen LogP contribution is -2.50. The van der Waals surface area contributed by atoms with Crippen molar-refractivity contribution in [2.45, 2.75) is 13.5 Å². The quantitative estimate of drug-likeness (QED) is 0.415. The Labute approximate surface area is 208 Å². The number of benzene rings is 2. The van der Waals surface area contributed by atoms with Gasteiger partial charge in [-0.2, -0.15) is 5.10 Å². The molecule has 0 N–H and O–H groups in total. The molecule has 0 aliphatic carbocycles. The maximum absolute atomic E-state index is 13.6. The van der Waals surface area contributed by atoms with Gasteiger partial charge >= 0.3 is 0 Å². The van der Waals surface area contributed by atoms with Crippen molar-refractivity contribution in [3.63, 3.8) is 0 Å². The molecule has 0 unspecified atom stereocenters. The molecular weight excluding hydrogens is 458 g/mol. The minimum absolute atomic E-state index is 0.109. The van der Waals surface area contributed by atoms with Crippen LogP contribution in [0.25, 0.3) is 11.3 Å². The number of carbonyl (C=O) groups excluding carboxylic acids is 2. The standard InChI is InChI=1S/C27H27N5O4/c1-19-16-24(36-29-19)27(34)31-14-12-30(13-15-31)26(33)23-18-32(17-20-6-4-3-5-7-20)28-25(23)21-8-10-22(35-2)11-9-21/h3-11,16,18H,12-15,17H2,1-2H3. The molecule has 1 saturated heterocycles. The van der Waals surface area contributed by atoms with Gasteiger partial charge in [0.25, 0.3) is 11.8 Å². The lowest BCUT2D eigenvalue weighted by Gasteiger charge is -2.34. The Morgan fingerprint density at radius 2 is 1.61 bits per heavy atom. The van der Waals surface area contributed by atoms with Crippen molar-refractivity contribution in [1.29, 1.82) is 0 Å². The second kappa shape index (κ2) is 10.1. The number of aryl methyl sites for hydroxylation is 1. The summed E-state index contributed by atoms with van der Waals surface area (Å²) in [6.45, 7) is 4.00. The van der Waals surface area contributed by atoms with E-state index in [1.807, 2.05) is 60.8 Å². The Balaban J connectivity index is 1.37. The van der Waals surface area contributed by atoms with Crippen molar-refractivity contribution in [2.75, 3.05) is 33.3 Å². The molecule has 2 aromatic carbocycles. The largest absolute Gasteiger partial charge is 0.497 e. The number of nitrogens with zero attached hydrogens (tertiary/aromatic N) is 5. The smallest absolute Gasteiger partial charge is 0.292 e. The number of carbonyl (C=O) groups is 2. The number of amides is 2. The van der Waals surface area contributed by atoms with Crippen LogP contribution < -0.4 is 4.74 Å². The Bertz CT molecular complexity index is 1350. The van der Waals surface area contributed by atoms with Gasteiger partial charge in [0.1, 0.15) is 11.4 Å². The van der Waals surface area contributed by atoms with Crippen molar-refractivity contribution in [3.8, 4) is 17.0 Å². The number of piperazine rings is 1. The average molecular weight is 486 g/mol. The van der Waals surface area contributed by atoms with Crippen LogP contribution in [0.5, 0.6) is 5.75 Å². The Hall–Kier alpha value is -4.40. The molecule has 1 aliphatic rings. The summed E-state index contributed by atoms with van der Waals surface area (Å²) in [6, 6.07) is 19.1. The summed E-state index contributed by atoms with van der Waals surface area (Å²) in [5, 5.41) is 8.57. The van der Waals surface area contributed by atoms with E-state index >= 15 is 0 Å². The van der Waals surface area contributed by atoms with Gasteiger partial charge in [0, 0.05) is 44.0 Å². The molecule has 2 aromatic heterocycles. The molecule has 9 nitrogen and oxygen atoms in total. The molecule has 2 amide bonds. The summed E-state index contributed by atoms with van der Waals surface area (Å²) in [5.74, 6) is 0.634. The normalized spacial score (nSPS) is 13.6. The second-order valence-corrected chi connectivity index (χ2v) is 8.72. The van der Waals surface area contributed by atoms with Crippen molar-refractivity contribution in [3.05, 3.63) is 89.4 Å². The first kappa shape index (κ1) is 23.3. The van der Waals surface area contributed by atoms with E-state index in [4.69, 9.17) is 14.4 Å². The number of ether oxygens (including phenoxy) is 1. The van der Waals surface area contributed by atoms with E-state index in [2.05, 4.69) is 5.16 Å². The summed E-state index contributed by atoms with van der Waals surface area (Å²) in [6.07, 6.45) is 1.81. The number of aromatic nitrogens is 3. The molecule has 0 spiro atoms. The maximum atomic E-state index is 13.6. The third kappa shape index (κ3) is 4.86. The van der Waals surface area contributed by atoms with Crippen LogP contribution in [-0.2, 0) is 6.54 Å². The fourth-order valence-corrected chi connectivity index (χ4v) is 4.29. The van der Waals surface area contributed by atoms with E-state index in [0.717, 1.165) is 16.9 Å². The number of rotatable bonds is 6. The molecule has 36 heavy (non-hydrogen) atoms. The third-order valence-electron chi connectivity index (χ3n) is 6.24. The molecule has 4 aromatic rings. The fourth-order valence-electron chi connectivity index (χ4n) is 4.29. The summed E-state index contributed by atoms with van der Waals surface area (Å²) >= 11 is 0. The van der Waals surface area contributed by atoms with Gasteiger partial charge in [-0.3, -0.25) is 14.3 Å². The Morgan fingerprint density at radius 3 is 2.22 bits per heavy atom. The molecule has 184 valence electrons. The Morgan fingerprint density at radius 1 is 0.944 bits per heavy atom. The predicted molar refractivity (Wildman–Crippen MR) is 133 cm³/mol. The number of hydrogen-bond donors (Lipinski definition) is 0. The second-order valence-electron chi connectivity index (χ2n) is 8.72. The van der Waals surface area contributed by atoms with Crippen LogP contribution in [-0.4, -0.2) is 69.8 Å². The van der Waals surface area contributed by atoms with E-state index in [0.29, 0.717) is 49.7 Å². The lowest BCUT2D eigenvalue weighted by molar-refractivity contribution is 0.0513. The highest BCUT2D eigenvalue weighted by atomic mass is 16.5. The van der Waals surface area contributed by atoms with Gasteiger partial charge in [-0.1, -0.05) is 35.5 Å². The third-order valence-corrected chi connectivity index (χ3v) is 6.24. The highest BCUT2D eigenvalue weighted by Gasteiger charge is 2.29. The zero-order valence-corrected chi connectivity index (χ0v) is 20.3. The van der Waals surface area contributed by atoms with Crippen molar-refractivity contribution < 1.29 is 18.8 Å². The minimum Gasteiger partial charge on any atom is -0.497 e. The van der Waals surface area contributed by atoms with Crippen molar-refractivity contribution in [2.24, 2.45) is 0 Å². The average Bonchev–Trinajstić information content (AvgIpc) is 3.55. The zero-order valence-electron chi connectivity index (χ0n) is 20.3. The van der Waals surface area contributed by atoms with Gasteiger partial charge < -0.3 is 19.1 Å². The summed E-state index contributed by atoms with van der Waals surface area (Å²) in [7, 11) is 1.62. The van der Waals surface area contributed by atoms with Crippen LogP contribution in [0, 0.1) is 6.92 Å². The molecule has 1 aliphatic heterocycles. The molecule has 0 bridgehead atoms. The summed E-state index contributed by atoms with van der Waals surface area (Å²) < 4.78 is 12.2. The highest BCUT2D eigenvalue weighted by molar-refractivity contribution is 6.00. The Kier molecular flexibility index (Phi) is 6.53. The molecule has 5 rings (SSSR count). The predicted octanol–water partition coefficient (Wildman–Crippen LogP) is 3.50. The van der Waals surface area contributed by atoms with Crippen LogP contribution >= 0.6 is 0 Å². The van der Waals surface area contributed by atoms with E-state index in [-0.39, 0.29) is 17.6 Å². The van der Waals surface area contributed by atoms with Crippen molar-refractivity contribution >= 4 is 11.8 Å². The van der Waals surface area contributed by atoms with Crippen LogP contribution in [0.1, 0.15) is 32.2 Å². The zero-order chi connectivity index (χ0) is 25.1. The van der Waals surface area contributed by atoms with Gasteiger partial charge in [0.15, 0.2) is 0 Å². The van der Waals surface area contributed by atoms with E-state index in [1.54, 1.807) is 34.6 Å². The highest BCUT2D eigenvalue weighted by Crippen LogP contribution is 2.26. The molecular formula is C27H27N5O4. The fraction of sp³-hybridized carbons (Fsp3) is 0.259. The van der Waals surface area contributed by atoms with Crippen molar-refractivity contribution in [1.82, 2.24) is 24.7 Å². The first-order chi connectivity index (χ1) is 17.5. The summed E-state index contributed by atoms with van der Waals surface area (Å²) in [5.41, 5.74) is 3.73. The maximum Gasteiger partial charge on any atom is 0.292 e. The minimum atomic E-state index is -0.211. The molecule has 3 heterocycles. The monoisotopic (exact) mass is 485 g/mol. The topological polar surface area (TPSA) is 93.7 Å². The lowest BCUT2D eigenvalue weighted by atomic mass is 10.1. The van der Waals surface area contributed by atoms with Gasteiger partial charge in [-0.25, -0.2) is 0 Å². The molecule has 1 fully saturated rings. The van der Waals surface area contributed by atoms with Crippen LogP contribution in [0.2, 0.25) is 0 Å². The SMILES string of the molecule is COc1ccc(-c2nn(Cc3ccccc3)cc2C(=O)N2CCN(C(=O)c3cc(C)no3)CC2)cc1. The molecule has 0 saturated carbocycles. The van der Waals surface area contributed by atoms with E-state index in [1.165, 1.54) is 0 Å². The van der Waals surface area contributed by atoms with Crippen LogP contribution in [0.3, 0.4) is 0 Å². The summed E-state index contributed by atoms with van der Waals surface area (Å²) in [4.78, 5) is 29.8. The number of methoxy groups -OCH3 is 1. The van der Waals surface area contributed by atoms with Crippen LogP contribution in [0.4, 0.5) is 0 Å². The number of hydrogen-bond acceptors (Lipinski definition) is 6. The van der Waals surface area contributed by atoms with Gasteiger partial charge in [0.05, 0.1) is 24.9 Å². The van der Waals surface area contributed by atoms with Gasteiger partial charge in [0.2, 0.25) is 5.76 Å². The van der Waals surface area contributed by atoms with Gasteiger partial charge in [-0.05, 0) is 36.8 Å². The van der Waals surface area contributed by atoms with E-state index in [9.17, 15) is 9.59 Å². The van der Waals surface area contributed by atoms with Gasteiger partial charge in [-0.15, -0.1) is 0 Å². The first-order valence-corrected chi connectivity index (χ1v) is 11.8. The van der Waals surface area contributed by atoms with E-state index < -0.39 is 0 Å². The molecule has 9 heteroatoms.